The van der Waals surface area contributed by atoms with Crippen molar-refractivity contribution in [2.24, 2.45) is 0 Å². The predicted molar refractivity (Wildman–Crippen MR) is 238 cm³/mol. The van der Waals surface area contributed by atoms with Crippen LogP contribution in [0, 0.1) is 0 Å². The van der Waals surface area contributed by atoms with Gasteiger partial charge in [0, 0.05) is 56.6 Å². The molecule has 270 valence electrons. The summed E-state index contributed by atoms with van der Waals surface area (Å²) in [5.41, 5.74) is 17.2. The van der Waals surface area contributed by atoms with E-state index in [2.05, 4.69) is 214 Å². The lowest BCUT2D eigenvalue weighted by molar-refractivity contribution is 0.749. The molecule has 1 aliphatic carbocycles. The Balaban J connectivity index is 1.19. The van der Waals surface area contributed by atoms with Gasteiger partial charge in [0.2, 0.25) is 0 Å². The van der Waals surface area contributed by atoms with Crippen LogP contribution in [0.5, 0.6) is 0 Å². The van der Waals surface area contributed by atoms with E-state index in [-0.39, 0.29) is 0 Å². The zero-order valence-corrected chi connectivity index (χ0v) is 31.4. The summed E-state index contributed by atoms with van der Waals surface area (Å²) in [7, 11) is 0. The van der Waals surface area contributed by atoms with E-state index < -0.39 is 5.41 Å². The van der Waals surface area contributed by atoms with Crippen molar-refractivity contribution in [2.75, 3.05) is 4.90 Å². The van der Waals surface area contributed by atoms with Gasteiger partial charge in [-0.3, -0.25) is 4.98 Å². The van der Waals surface area contributed by atoms with Gasteiger partial charge in [-0.2, -0.15) is 0 Å². The van der Waals surface area contributed by atoms with Crippen molar-refractivity contribution < 1.29 is 0 Å². The number of aromatic nitrogens is 3. The molecule has 0 unspecified atom stereocenters. The van der Waals surface area contributed by atoms with Crippen molar-refractivity contribution in [3.05, 3.63) is 229 Å². The standard InChI is InChI=1S/C54H34N4/c1-2-14-35(15-3-1)56-52-28-26-36(57-48-22-10-5-17-39(48)40-18-6-11-23-49(40)57)32-46(52)54(44-21-9-4-16-38(44)43-34-55-31-30-45(43)54)47-33-37(27-29-53(47)56)58-50-24-12-7-19-41(50)42-20-8-13-25-51(42)58/h1-34H. The molecule has 4 heterocycles. The average molecular weight is 739 g/mol. The van der Waals surface area contributed by atoms with E-state index in [4.69, 9.17) is 4.98 Å². The van der Waals surface area contributed by atoms with Gasteiger partial charge in [-0.1, -0.05) is 115 Å². The number of benzene rings is 8. The van der Waals surface area contributed by atoms with Gasteiger partial charge in [-0.05, 0) is 107 Å². The molecule has 2 aliphatic rings. The maximum absolute atomic E-state index is 4.74. The molecule has 11 aromatic rings. The van der Waals surface area contributed by atoms with E-state index in [1.807, 2.05) is 6.20 Å². The molecule has 0 amide bonds. The quantitative estimate of drug-likeness (QED) is 0.180. The van der Waals surface area contributed by atoms with Crippen molar-refractivity contribution in [3.8, 4) is 22.5 Å². The molecule has 0 atom stereocenters. The van der Waals surface area contributed by atoms with Crippen LogP contribution < -0.4 is 4.90 Å². The fraction of sp³-hybridized carbons (Fsp3) is 0.0185. The summed E-state index contributed by atoms with van der Waals surface area (Å²) in [6, 6.07) is 71.6. The SMILES string of the molecule is c1ccc(N2c3ccc(-n4c5ccccc5c5ccccc54)cc3C3(c4ccccc4-c4cnccc43)c3cc(-n4c5ccccc5c5ccccc54)ccc32)cc1. The lowest BCUT2D eigenvalue weighted by Crippen LogP contribution is -2.36. The van der Waals surface area contributed by atoms with Crippen LogP contribution in [0.1, 0.15) is 22.3 Å². The fourth-order valence-corrected chi connectivity index (χ4v) is 10.6. The topological polar surface area (TPSA) is 26.0 Å². The smallest absolute Gasteiger partial charge is 0.0756 e. The number of rotatable bonds is 3. The van der Waals surface area contributed by atoms with Gasteiger partial charge in [-0.15, -0.1) is 0 Å². The van der Waals surface area contributed by atoms with Gasteiger partial charge in [0.05, 0.1) is 38.9 Å². The van der Waals surface area contributed by atoms with Crippen LogP contribution in [0.15, 0.2) is 207 Å². The summed E-state index contributed by atoms with van der Waals surface area (Å²) in [5.74, 6) is 0. The van der Waals surface area contributed by atoms with Crippen LogP contribution in [0.4, 0.5) is 17.1 Å². The van der Waals surface area contributed by atoms with E-state index in [1.165, 1.54) is 77.0 Å². The van der Waals surface area contributed by atoms with Crippen molar-refractivity contribution in [2.45, 2.75) is 5.41 Å². The van der Waals surface area contributed by atoms with E-state index in [0.717, 1.165) is 28.4 Å². The molecule has 13 rings (SSSR count). The molecule has 4 nitrogen and oxygen atoms in total. The summed E-state index contributed by atoms with van der Waals surface area (Å²) in [6.45, 7) is 0. The van der Waals surface area contributed by atoms with E-state index >= 15 is 0 Å². The fourth-order valence-electron chi connectivity index (χ4n) is 10.6. The number of hydrogen-bond donors (Lipinski definition) is 0. The Morgan fingerprint density at radius 3 is 1.33 bits per heavy atom. The largest absolute Gasteiger partial charge is 0.310 e. The maximum Gasteiger partial charge on any atom is 0.0756 e. The van der Waals surface area contributed by atoms with Gasteiger partial charge in [0.15, 0.2) is 0 Å². The Morgan fingerprint density at radius 2 is 0.793 bits per heavy atom. The molecule has 58 heavy (non-hydrogen) atoms. The molecule has 0 radical (unpaired) electrons. The molecule has 3 aromatic heterocycles. The first kappa shape index (κ1) is 31.5. The molecular weight excluding hydrogens is 705 g/mol. The second-order valence-electron chi connectivity index (χ2n) is 15.5. The zero-order chi connectivity index (χ0) is 38.0. The van der Waals surface area contributed by atoms with Crippen LogP contribution in [0.25, 0.3) is 66.1 Å². The van der Waals surface area contributed by atoms with Crippen molar-refractivity contribution in [3.63, 3.8) is 0 Å². The van der Waals surface area contributed by atoms with Gasteiger partial charge in [0.25, 0.3) is 0 Å². The minimum absolute atomic E-state index is 0.658. The number of anilines is 3. The van der Waals surface area contributed by atoms with Gasteiger partial charge in [-0.25, -0.2) is 0 Å². The number of pyridine rings is 1. The highest BCUT2D eigenvalue weighted by molar-refractivity contribution is 6.10. The summed E-state index contributed by atoms with van der Waals surface area (Å²) in [6.07, 6.45) is 4.04. The molecule has 0 saturated carbocycles. The molecule has 4 heteroatoms. The third-order valence-electron chi connectivity index (χ3n) is 12.8. The van der Waals surface area contributed by atoms with E-state index in [1.54, 1.807) is 0 Å². The first-order valence-corrected chi connectivity index (χ1v) is 20.0. The number of para-hydroxylation sites is 5. The van der Waals surface area contributed by atoms with E-state index in [9.17, 15) is 0 Å². The highest BCUT2D eigenvalue weighted by Crippen LogP contribution is 2.64. The third kappa shape index (κ3) is 4.01. The lowest BCUT2D eigenvalue weighted by atomic mass is 9.64. The normalized spacial score (nSPS) is 13.6. The Morgan fingerprint density at radius 1 is 0.345 bits per heavy atom. The first-order valence-electron chi connectivity index (χ1n) is 20.0. The van der Waals surface area contributed by atoms with Crippen molar-refractivity contribution in [1.82, 2.24) is 14.1 Å². The van der Waals surface area contributed by atoms with Crippen LogP contribution >= 0.6 is 0 Å². The monoisotopic (exact) mass is 738 g/mol. The van der Waals surface area contributed by atoms with Crippen molar-refractivity contribution >= 4 is 60.7 Å². The minimum atomic E-state index is -0.658. The zero-order valence-electron chi connectivity index (χ0n) is 31.4. The number of nitrogens with zero attached hydrogens (tertiary/aromatic N) is 4. The lowest BCUT2D eigenvalue weighted by Gasteiger charge is -2.45. The minimum Gasteiger partial charge on any atom is -0.310 e. The second-order valence-corrected chi connectivity index (χ2v) is 15.5. The highest BCUT2D eigenvalue weighted by Gasteiger charge is 2.52. The maximum atomic E-state index is 4.74. The molecular formula is C54H34N4. The average Bonchev–Trinajstić information content (AvgIpc) is 3.92. The van der Waals surface area contributed by atoms with Crippen LogP contribution in [0.2, 0.25) is 0 Å². The molecule has 8 aromatic carbocycles. The van der Waals surface area contributed by atoms with Crippen LogP contribution in [-0.4, -0.2) is 14.1 Å². The summed E-state index contributed by atoms with van der Waals surface area (Å²) in [4.78, 5) is 7.22. The number of hydrogen-bond acceptors (Lipinski definition) is 2. The van der Waals surface area contributed by atoms with E-state index in [0.29, 0.717) is 0 Å². The van der Waals surface area contributed by atoms with Crippen molar-refractivity contribution in [1.29, 1.82) is 0 Å². The molecule has 0 saturated heterocycles. The van der Waals surface area contributed by atoms with Gasteiger partial charge >= 0.3 is 0 Å². The third-order valence-corrected chi connectivity index (χ3v) is 12.8. The Hall–Kier alpha value is -7.69. The summed E-state index contributed by atoms with van der Waals surface area (Å²) < 4.78 is 4.90. The predicted octanol–water partition coefficient (Wildman–Crippen LogP) is 13.4. The number of fused-ring (bicyclic) bond motifs is 15. The van der Waals surface area contributed by atoms with Crippen LogP contribution in [0.3, 0.4) is 0 Å². The van der Waals surface area contributed by atoms with Gasteiger partial charge < -0.3 is 14.0 Å². The molecule has 0 N–H and O–H groups in total. The summed E-state index contributed by atoms with van der Waals surface area (Å²) in [5, 5.41) is 5.00. The Labute approximate surface area is 335 Å². The highest BCUT2D eigenvalue weighted by atomic mass is 15.2. The van der Waals surface area contributed by atoms with Gasteiger partial charge in [0.1, 0.15) is 0 Å². The van der Waals surface area contributed by atoms with Crippen LogP contribution in [-0.2, 0) is 5.41 Å². The Bertz CT molecular complexity index is 3160. The molecule has 0 bridgehead atoms. The summed E-state index contributed by atoms with van der Waals surface area (Å²) >= 11 is 0. The molecule has 0 fully saturated rings. The Kier molecular flexibility index (Phi) is 6.34. The second kappa shape index (κ2) is 11.7. The molecule has 1 aliphatic heterocycles. The first-order chi connectivity index (χ1) is 28.8. The molecule has 1 spiro atoms.